The van der Waals surface area contributed by atoms with Gasteiger partial charge in [-0.2, -0.15) is 0 Å². The van der Waals surface area contributed by atoms with Gasteiger partial charge >= 0.3 is 11.7 Å². The summed E-state index contributed by atoms with van der Waals surface area (Å²) in [5.41, 5.74) is -2.81. The molecule has 0 amide bonds. The van der Waals surface area contributed by atoms with Gasteiger partial charge in [0.15, 0.2) is 0 Å². The first-order valence-corrected chi connectivity index (χ1v) is 3.05. The summed E-state index contributed by atoms with van der Waals surface area (Å²) in [4.78, 5) is 19.0. The molecule has 6 heteroatoms. The van der Waals surface area contributed by atoms with E-state index in [1.807, 2.05) is 0 Å². The maximum atomic E-state index is 10.2. The van der Waals surface area contributed by atoms with E-state index in [1.165, 1.54) is 0 Å². The molecule has 0 aliphatic rings. The minimum atomic E-state index is -2.81. The Hall–Kier alpha value is -1.17. The molecular weight excluding hydrogens is 154 g/mol. The lowest BCUT2D eigenvalue weighted by Gasteiger charge is -2.12. The fourth-order valence-electron chi connectivity index (χ4n) is 0.625. The average Bonchev–Trinajstić information content (AvgIpc) is 1.87. The molecule has 0 heterocycles. The number of carbonyl (C=O) groups is 1. The maximum Gasteiger partial charge on any atom is 0.419 e. The van der Waals surface area contributed by atoms with E-state index >= 15 is 0 Å². The van der Waals surface area contributed by atoms with E-state index in [2.05, 4.69) is 0 Å². The van der Waals surface area contributed by atoms with E-state index in [1.54, 1.807) is 6.92 Å². The third-order valence-corrected chi connectivity index (χ3v) is 1.24. The van der Waals surface area contributed by atoms with Crippen molar-refractivity contribution in [1.29, 1.82) is 0 Å². The van der Waals surface area contributed by atoms with Crippen molar-refractivity contribution < 1.29 is 19.9 Å². The van der Waals surface area contributed by atoms with Crippen molar-refractivity contribution in [1.82, 2.24) is 0 Å². The highest BCUT2D eigenvalue weighted by Crippen LogP contribution is 2.13. The number of hydrogen-bond acceptors (Lipinski definition) is 4. The van der Waals surface area contributed by atoms with Crippen LogP contribution in [0.2, 0.25) is 0 Å². The standard InChI is InChI=1S/C5H9NO5/c1-2-3-5(9,4(7)8)6(10)11/h9H,2-3H2,1H3,(H,7,8)/t5-/m0/s1. The van der Waals surface area contributed by atoms with Crippen LogP contribution in [-0.2, 0) is 4.79 Å². The Morgan fingerprint density at radius 3 is 2.27 bits per heavy atom. The number of aliphatic carboxylic acids is 1. The molecule has 0 aromatic carbocycles. The van der Waals surface area contributed by atoms with Gasteiger partial charge in [-0.3, -0.25) is 10.1 Å². The second kappa shape index (κ2) is 3.29. The number of rotatable bonds is 4. The molecule has 0 radical (unpaired) electrons. The van der Waals surface area contributed by atoms with Crippen molar-refractivity contribution in [2.45, 2.75) is 25.5 Å². The lowest BCUT2D eigenvalue weighted by atomic mass is 10.1. The van der Waals surface area contributed by atoms with Crippen molar-refractivity contribution in [2.75, 3.05) is 0 Å². The van der Waals surface area contributed by atoms with Crippen LogP contribution in [0, 0.1) is 10.1 Å². The maximum absolute atomic E-state index is 10.2. The highest BCUT2D eigenvalue weighted by Gasteiger charge is 2.48. The Morgan fingerprint density at radius 1 is 1.73 bits per heavy atom. The van der Waals surface area contributed by atoms with Gasteiger partial charge in [0.05, 0.1) is 11.3 Å². The van der Waals surface area contributed by atoms with Crippen LogP contribution in [0.1, 0.15) is 19.8 Å². The van der Waals surface area contributed by atoms with Crippen LogP contribution in [0.25, 0.3) is 0 Å². The molecule has 64 valence electrons. The van der Waals surface area contributed by atoms with Gasteiger partial charge in [0, 0.05) is 0 Å². The van der Waals surface area contributed by atoms with Crippen molar-refractivity contribution in [3.05, 3.63) is 10.1 Å². The predicted molar refractivity (Wildman–Crippen MR) is 34.5 cm³/mol. The fourth-order valence-corrected chi connectivity index (χ4v) is 0.625. The molecule has 0 bridgehead atoms. The highest BCUT2D eigenvalue weighted by atomic mass is 16.7. The zero-order chi connectivity index (χ0) is 9.07. The smallest absolute Gasteiger partial charge is 0.419 e. The van der Waals surface area contributed by atoms with Crippen LogP contribution in [0.5, 0.6) is 0 Å². The lowest BCUT2D eigenvalue weighted by Crippen LogP contribution is -2.46. The van der Waals surface area contributed by atoms with Crippen LogP contribution in [0.4, 0.5) is 0 Å². The molecule has 0 spiro atoms. The third kappa shape index (κ3) is 1.87. The van der Waals surface area contributed by atoms with Gasteiger partial charge < -0.3 is 10.2 Å². The second-order valence-electron chi connectivity index (χ2n) is 2.13. The topological polar surface area (TPSA) is 101 Å². The minimum absolute atomic E-state index is 0.240. The molecule has 6 nitrogen and oxygen atoms in total. The molecule has 2 N–H and O–H groups in total. The Kier molecular flexibility index (Phi) is 2.94. The molecule has 0 aromatic heterocycles. The van der Waals surface area contributed by atoms with Gasteiger partial charge in [-0.1, -0.05) is 6.92 Å². The number of carboxylic acids is 1. The molecule has 0 fully saturated rings. The van der Waals surface area contributed by atoms with Crippen molar-refractivity contribution >= 4 is 5.97 Å². The largest absolute Gasteiger partial charge is 0.474 e. The van der Waals surface area contributed by atoms with E-state index in [4.69, 9.17) is 10.2 Å². The molecule has 11 heavy (non-hydrogen) atoms. The van der Waals surface area contributed by atoms with Gasteiger partial charge in [-0.15, -0.1) is 0 Å². The first-order chi connectivity index (χ1) is 4.95. The summed E-state index contributed by atoms with van der Waals surface area (Å²) in [7, 11) is 0. The Bertz CT molecular complexity index is 164. The Morgan fingerprint density at radius 2 is 2.18 bits per heavy atom. The first-order valence-electron chi connectivity index (χ1n) is 3.05. The number of nitro groups is 1. The van der Waals surface area contributed by atoms with Crippen molar-refractivity contribution in [3.8, 4) is 0 Å². The third-order valence-electron chi connectivity index (χ3n) is 1.24. The molecule has 0 aromatic rings. The molecule has 0 saturated heterocycles. The van der Waals surface area contributed by atoms with Crippen molar-refractivity contribution in [3.63, 3.8) is 0 Å². The summed E-state index contributed by atoms with van der Waals surface area (Å²) in [5.74, 6) is -1.82. The van der Waals surface area contributed by atoms with Crippen LogP contribution in [0.3, 0.4) is 0 Å². The lowest BCUT2D eigenvalue weighted by molar-refractivity contribution is -0.608. The van der Waals surface area contributed by atoms with E-state index in [0.29, 0.717) is 0 Å². The van der Waals surface area contributed by atoms with Crippen LogP contribution < -0.4 is 0 Å². The quantitative estimate of drug-likeness (QED) is 0.340. The van der Waals surface area contributed by atoms with E-state index in [9.17, 15) is 14.9 Å². The SMILES string of the molecule is CCC[C@](O)(C(=O)O)[N+](=O)[O-]. The zero-order valence-corrected chi connectivity index (χ0v) is 5.98. The van der Waals surface area contributed by atoms with Crippen molar-refractivity contribution in [2.24, 2.45) is 0 Å². The van der Waals surface area contributed by atoms with E-state index in [-0.39, 0.29) is 12.8 Å². The highest BCUT2D eigenvalue weighted by molar-refractivity contribution is 5.74. The predicted octanol–water partition coefficient (Wildman–Crippen LogP) is -0.164. The minimum Gasteiger partial charge on any atom is -0.474 e. The first kappa shape index (κ1) is 9.83. The van der Waals surface area contributed by atoms with Crippen LogP contribution in [0.15, 0.2) is 0 Å². The van der Waals surface area contributed by atoms with E-state index in [0.717, 1.165) is 0 Å². The van der Waals surface area contributed by atoms with Gasteiger partial charge in [0.2, 0.25) is 0 Å². The molecule has 0 aliphatic heterocycles. The summed E-state index contributed by atoms with van der Waals surface area (Å²) >= 11 is 0. The summed E-state index contributed by atoms with van der Waals surface area (Å²) in [6.07, 6.45) is -0.140. The summed E-state index contributed by atoms with van der Waals surface area (Å²) < 4.78 is 0. The number of nitrogens with zero attached hydrogens (tertiary/aromatic N) is 1. The summed E-state index contributed by atoms with van der Waals surface area (Å²) in [6.45, 7) is 1.55. The Balaban J connectivity index is 4.52. The van der Waals surface area contributed by atoms with Gasteiger partial charge in [0.1, 0.15) is 0 Å². The van der Waals surface area contributed by atoms with Crippen LogP contribution in [-0.4, -0.2) is 26.8 Å². The average molecular weight is 163 g/mol. The van der Waals surface area contributed by atoms with Gasteiger partial charge in [-0.25, -0.2) is 4.79 Å². The summed E-state index contributed by atoms with van der Waals surface area (Å²) in [5, 5.41) is 27.1. The van der Waals surface area contributed by atoms with Gasteiger partial charge in [-0.05, 0) is 6.42 Å². The summed E-state index contributed by atoms with van der Waals surface area (Å²) in [6, 6.07) is 0. The molecule has 0 aliphatic carbocycles. The normalized spacial score (nSPS) is 15.5. The fraction of sp³-hybridized carbons (Fsp3) is 0.800. The molecule has 0 unspecified atom stereocenters. The molecule has 1 atom stereocenters. The number of aliphatic hydroxyl groups is 1. The molecule has 0 rings (SSSR count). The molecule has 0 saturated carbocycles. The molecular formula is C5H9NO5. The zero-order valence-electron chi connectivity index (χ0n) is 5.98. The second-order valence-corrected chi connectivity index (χ2v) is 2.13. The number of hydrogen-bond donors (Lipinski definition) is 2. The monoisotopic (exact) mass is 163 g/mol. The van der Waals surface area contributed by atoms with Gasteiger partial charge in [0.25, 0.3) is 0 Å². The Labute approximate surface area is 62.6 Å². The van der Waals surface area contributed by atoms with Crippen LogP contribution >= 0.6 is 0 Å². The van der Waals surface area contributed by atoms with E-state index < -0.39 is 16.6 Å². The number of carboxylic acid groups (broad SMARTS) is 1.